The van der Waals surface area contributed by atoms with Gasteiger partial charge in [-0.3, -0.25) is 9.97 Å². The predicted octanol–water partition coefficient (Wildman–Crippen LogP) is 4.76. The third-order valence-electron chi connectivity index (χ3n) is 3.86. The topological polar surface area (TPSA) is 25.8 Å². The van der Waals surface area contributed by atoms with E-state index in [0.29, 0.717) is 0 Å². The van der Waals surface area contributed by atoms with Crippen molar-refractivity contribution in [2.45, 2.75) is 6.92 Å². The van der Waals surface area contributed by atoms with Crippen LogP contribution in [0, 0.1) is 6.92 Å². The predicted molar refractivity (Wildman–Crippen MR) is 87.2 cm³/mol. The van der Waals surface area contributed by atoms with E-state index < -0.39 is 0 Å². The second-order valence-electron chi connectivity index (χ2n) is 5.22. The van der Waals surface area contributed by atoms with Crippen molar-refractivity contribution in [2.24, 2.45) is 0 Å². The lowest BCUT2D eigenvalue weighted by Gasteiger charge is -2.11. The fourth-order valence-corrected chi connectivity index (χ4v) is 2.88. The summed E-state index contributed by atoms with van der Waals surface area (Å²) in [5.74, 6) is 0. The first-order valence-electron chi connectivity index (χ1n) is 7.03. The van der Waals surface area contributed by atoms with E-state index >= 15 is 0 Å². The third kappa shape index (κ3) is 1.88. The van der Waals surface area contributed by atoms with Crippen molar-refractivity contribution in [1.29, 1.82) is 0 Å². The smallest absolute Gasteiger partial charge is 0.0817 e. The van der Waals surface area contributed by atoms with Crippen LogP contribution in [0.2, 0.25) is 0 Å². The van der Waals surface area contributed by atoms with E-state index in [9.17, 15) is 0 Å². The number of aromatic nitrogens is 2. The zero-order chi connectivity index (χ0) is 14.2. The van der Waals surface area contributed by atoms with Crippen molar-refractivity contribution < 1.29 is 0 Å². The first kappa shape index (κ1) is 12.0. The minimum Gasteiger partial charge on any atom is -0.255 e. The Morgan fingerprint density at radius 1 is 0.714 bits per heavy atom. The summed E-state index contributed by atoms with van der Waals surface area (Å²) < 4.78 is 0. The molecule has 2 aromatic heterocycles. The van der Waals surface area contributed by atoms with Crippen molar-refractivity contribution in [3.63, 3.8) is 0 Å². The molecular formula is C19H14N2. The molecule has 0 fully saturated rings. The van der Waals surface area contributed by atoms with Gasteiger partial charge in [-0.25, -0.2) is 0 Å². The molecule has 0 radical (unpaired) electrons. The van der Waals surface area contributed by atoms with Gasteiger partial charge in [0.15, 0.2) is 0 Å². The van der Waals surface area contributed by atoms with Gasteiger partial charge in [0.1, 0.15) is 0 Å². The summed E-state index contributed by atoms with van der Waals surface area (Å²) in [5.41, 5.74) is 5.61. The van der Waals surface area contributed by atoms with Crippen molar-refractivity contribution in [2.75, 3.05) is 0 Å². The van der Waals surface area contributed by atoms with Crippen LogP contribution in [0.5, 0.6) is 0 Å². The van der Waals surface area contributed by atoms with E-state index in [-0.39, 0.29) is 0 Å². The number of rotatable bonds is 1. The molecule has 2 nitrogen and oxygen atoms in total. The van der Waals surface area contributed by atoms with Gasteiger partial charge in [0, 0.05) is 23.2 Å². The van der Waals surface area contributed by atoms with Gasteiger partial charge >= 0.3 is 0 Å². The minimum atomic E-state index is 0.986. The molecule has 2 aromatic carbocycles. The number of fused-ring (bicyclic) bond motifs is 3. The molecule has 0 aliphatic heterocycles. The SMILES string of the molecule is Cc1cnc2c(cnc3ccccc32)c1-c1ccccc1. The Balaban J connectivity index is 2.16. The van der Waals surface area contributed by atoms with Crippen LogP contribution < -0.4 is 0 Å². The lowest BCUT2D eigenvalue weighted by Crippen LogP contribution is -1.91. The number of benzene rings is 2. The molecule has 0 bridgehead atoms. The Bertz CT molecular complexity index is 943. The fourth-order valence-electron chi connectivity index (χ4n) is 2.88. The molecular weight excluding hydrogens is 256 g/mol. The molecule has 4 rings (SSSR count). The second kappa shape index (κ2) is 4.67. The van der Waals surface area contributed by atoms with E-state index in [2.05, 4.69) is 47.2 Å². The van der Waals surface area contributed by atoms with Gasteiger partial charge in [-0.2, -0.15) is 0 Å². The maximum absolute atomic E-state index is 4.66. The van der Waals surface area contributed by atoms with Crippen LogP contribution in [-0.2, 0) is 0 Å². The van der Waals surface area contributed by atoms with Crippen LogP contribution in [0.3, 0.4) is 0 Å². The number of aryl methyl sites for hydroxylation is 1. The molecule has 0 unspecified atom stereocenters. The highest BCUT2D eigenvalue weighted by molar-refractivity contribution is 6.08. The Kier molecular flexibility index (Phi) is 2.68. The second-order valence-corrected chi connectivity index (χ2v) is 5.22. The lowest BCUT2D eigenvalue weighted by atomic mass is 9.97. The van der Waals surface area contributed by atoms with Crippen LogP contribution in [0.1, 0.15) is 5.56 Å². The van der Waals surface area contributed by atoms with Gasteiger partial charge in [0.25, 0.3) is 0 Å². The largest absolute Gasteiger partial charge is 0.255 e. The fraction of sp³-hybridized carbons (Fsp3) is 0.0526. The number of para-hydroxylation sites is 1. The van der Waals surface area contributed by atoms with E-state index in [4.69, 9.17) is 0 Å². The van der Waals surface area contributed by atoms with Gasteiger partial charge in [-0.05, 0) is 29.7 Å². The molecule has 0 aliphatic rings. The number of pyridine rings is 2. The average molecular weight is 270 g/mol. The van der Waals surface area contributed by atoms with Crippen LogP contribution in [0.4, 0.5) is 0 Å². The molecule has 2 heteroatoms. The van der Waals surface area contributed by atoms with Crippen molar-refractivity contribution in [1.82, 2.24) is 9.97 Å². The minimum absolute atomic E-state index is 0.986. The Morgan fingerprint density at radius 2 is 1.48 bits per heavy atom. The Morgan fingerprint density at radius 3 is 2.33 bits per heavy atom. The molecule has 21 heavy (non-hydrogen) atoms. The molecule has 2 heterocycles. The molecule has 0 saturated heterocycles. The molecule has 0 amide bonds. The van der Waals surface area contributed by atoms with E-state index in [1.807, 2.05) is 36.7 Å². The Hall–Kier alpha value is -2.74. The number of hydrogen-bond acceptors (Lipinski definition) is 2. The third-order valence-corrected chi connectivity index (χ3v) is 3.86. The monoisotopic (exact) mass is 270 g/mol. The maximum Gasteiger partial charge on any atom is 0.0817 e. The van der Waals surface area contributed by atoms with Crippen molar-refractivity contribution >= 4 is 21.8 Å². The highest BCUT2D eigenvalue weighted by Gasteiger charge is 2.11. The molecule has 0 N–H and O–H groups in total. The summed E-state index contributed by atoms with van der Waals surface area (Å²) in [6.07, 6.45) is 3.90. The summed E-state index contributed by atoms with van der Waals surface area (Å²) in [6.45, 7) is 2.10. The highest BCUT2D eigenvalue weighted by Crippen LogP contribution is 2.32. The van der Waals surface area contributed by atoms with Gasteiger partial charge < -0.3 is 0 Å². The zero-order valence-electron chi connectivity index (χ0n) is 11.7. The Labute approximate surface area is 123 Å². The lowest BCUT2D eigenvalue weighted by molar-refractivity contribution is 1.32. The van der Waals surface area contributed by atoms with Crippen molar-refractivity contribution in [3.8, 4) is 11.1 Å². The van der Waals surface area contributed by atoms with Gasteiger partial charge in [0.05, 0.1) is 11.0 Å². The summed E-state index contributed by atoms with van der Waals surface area (Å²) in [4.78, 5) is 9.25. The first-order chi connectivity index (χ1) is 10.3. The molecule has 0 saturated carbocycles. The summed E-state index contributed by atoms with van der Waals surface area (Å²) in [6, 6.07) is 18.6. The summed E-state index contributed by atoms with van der Waals surface area (Å²) in [5, 5.41) is 2.21. The van der Waals surface area contributed by atoms with Crippen LogP contribution in [0.15, 0.2) is 67.0 Å². The average Bonchev–Trinajstić information content (AvgIpc) is 2.55. The molecule has 0 aliphatic carbocycles. The molecule has 4 aromatic rings. The molecule has 100 valence electrons. The van der Waals surface area contributed by atoms with E-state index in [1.165, 1.54) is 16.7 Å². The highest BCUT2D eigenvalue weighted by atomic mass is 14.7. The molecule has 0 spiro atoms. The number of hydrogen-bond donors (Lipinski definition) is 0. The molecule has 0 atom stereocenters. The van der Waals surface area contributed by atoms with Crippen molar-refractivity contribution in [3.05, 3.63) is 72.6 Å². The van der Waals surface area contributed by atoms with E-state index in [1.54, 1.807) is 0 Å². The van der Waals surface area contributed by atoms with Crippen LogP contribution in [-0.4, -0.2) is 9.97 Å². The normalized spacial score (nSPS) is 11.1. The summed E-state index contributed by atoms with van der Waals surface area (Å²) in [7, 11) is 0. The van der Waals surface area contributed by atoms with Crippen LogP contribution >= 0.6 is 0 Å². The number of nitrogens with zero attached hydrogens (tertiary/aromatic N) is 2. The zero-order valence-corrected chi connectivity index (χ0v) is 11.7. The van der Waals surface area contributed by atoms with Gasteiger partial charge in [0.2, 0.25) is 0 Å². The van der Waals surface area contributed by atoms with Gasteiger partial charge in [-0.15, -0.1) is 0 Å². The summed E-state index contributed by atoms with van der Waals surface area (Å²) >= 11 is 0. The quantitative estimate of drug-likeness (QED) is 0.466. The standard InChI is InChI=1S/C19H14N2/c1-13-11-21-19-15-9-5-6-10-17(15)20-12-16(19)18(13)14-7-3-2-4-8-14/h2-12H,1H3. The van der Waals surface area contributed by atoms with E-state index in [0.717, 1.165) is 21.8 Å². The van der Waals surface area contributed by atoms with Gasteiger partial charge in [-0.1, -0.05) is 48.5 Å². The first-order valence-corrected chi connectivity index (χ1v) is 7.03. The maximum atomic E-state index is 4.66. The van der Waals surface area contributed by atoms with Crippen LogP contribution in [0.25, 0.3) is 32.9 Å².